The minimum atomic E-state index is -0.207. The van der Waals surface area contributed by atoms with Crippen molar-refractivity contribution in [2.45, 2.75) is 25.9 Å². The summed E-state index contributed by atoms with van der Waals surface area (Å²) in [6.07, 6.45) is 2.38. The molecule has 0 aliphatic carbocycles. The van der Waals surface area contributed by atoms with E-state index in [4.69, 9.17) is 9.15 Å². The van der Waals surface area contributed by atoms with Crippen molar-refractivity contribution in [2.75, 3.05) is 19.7 Å². The lowest BCUT2D eigenvalue weighted by Gasteiger charge is -2.37. The Morgan fingerprint density at radius 1 is 1.09 bits per heavy atom. The van der Waals surface area contributed by atoms with Crippen LogP contribution >= 0.6 is 22.7 Å². The smallest absolute Gasteiger partial charge is 0.264 e. The number of carbonyl (C=O) groups excluding carboxylic acids is 2. The van der Waals surface area contributed by atoms with Crippen LogP contribution in [0.1, 0.15) is 37.5 Å². The number of fused-ring (bicyclic) bond motifs is 1. The number of hydrogen-bond acceptors (Lipinski definition) is 6. The highest BCUT2D eigenvalue weighted by Gasteiger charge is 2.34. The summed E-state index contributed by atoms with van der Waals surface area (Å²) < 4.78 is 11.6. The third-order valence-corrected chi connectivity index (χ3v) is 7.97. The molecule has 4 aromatic rings. The molecule has 0 N–H and O–H groups in total. The van der Waals surface area contributed by atoms with Crippen molar-refractivity contribution in [3.05, 3.63) is 98.3 Å². The molecule has 35 heavy (non-hydrogen) atoms. The van der Waals surface area contributed by atoms with Crippen LogP contribution in [0.15, 0.2) is 76.0 Å². The predicted octanol–water partition coefficient (Wildman–Crippen LogP) is 5.56. The fraction of sp³-hybridized carbons (Fsp3) is 0.259. The van der Waals surface area contributed by atoms with E-state index in [9.17, 15) is 9.59 Å². The fourth-order valence-corrected chi connectivity index (χ4v) is 5.90. The van der Waals surface area contributed by atoms with Crippen LogP contribution in [0.4, 0.5) is 0 Å². The van der Waals surface area contributed by atoms with Crippen LogP contribution in [0.5, 0.6) is 5.75 Å². The van der Waals surface area contributed by atoms with Crippen LogP contribution in [-0.4, -0.2) is 41.3 Å². The molecular weight excluding hydrogens is 480 g/mol. The van der Waals surface area contributed by atoms with Gasteiger partial charge in [-0.1, -0.05) is 23.8 Å². The second-order valence-corrected chi connectivity index (χ2v) is 10.4. The average molecular weight is 507 g/mol. The van der Waals surface area contributed by atoms with Gasteiger partial charge in [0.25, 0.3) is 5.91 Å². The first-order valence-corrected chi connectivity index (χ1v) is 13.2. The van der Waals surface area contributed by atoms with Gasteiger partial charge in [-0.25, -0.2) is 0 Å². The van der Waals surface area contributed by atoms with E-state index >= 15 is 0 Å². The van der Waals surface area contributed by atoms with E-state index in [1.165, 1.54) is 21.8 Å². The van der Waals surface area contributed by atoms with Crippen molar-refractivity contribution < 1.29 is 18.7 Å². The first kappa shape index (κ1) is 23.4. The number of hydrogen-bond donors (Lipinski definition) is 0. The molecule has 0 saturated carbocycles. The van der Waals surface area contributed by atoms with Crippen molar-refractivity contribution in [2.24, 2.45) is 0 Å². The minimum Gasteiger partial charge on any atom is -0.491 e. The zero-order chi connectivity index (χ0) is 24.2. The lowest BCUT2D eigenvalue weighted by molar-refractivity contribution is -0.135. The number of furan rings is 1. The van der Waals surface area contributed by atoms with E-state index in [2.05, 4.69) is 11.4 Å². The molecule has 1 atom stereocenters. The Balaban J connectivity index is 1.35. The van der Waals surface area contributed by atoms with Gasteiger partial charge in [-0.2, -0.15) is 0 Å². The number of rotatable bonds is 8. The summed E-state index contributed by atoms with van der Waals surface area (Å²) in [4.78, 5) is 32.2. The van der Waals surface area contributed by atoms with Crippen molar-refractivity contribution in [3.63, 3.8) is 0 Å². The maximum absolute atomic E-state index is 13.7. The minimum absolute atomic E-state index is 0.0298. The largest absolute Gasteiger partial charge is 0.491 e. The third-order valence-electron chi connectivity index (χ3n) is 6.12. The van der Waals surface area contributed by atoms with Gasteiger partial charge in [-0.05, 0) is 66.1 Å². The highest BCUT2D eigenvalue weighted by atomic mass is 32.1. The van der Waals surface area contributed by atoms with Gasteiger partial charge in [-0.3, -0.25) is 9.59 Å². The van der Waals surface area contributed by atoms with E-state index < -0.39 is 0 Å². The number of thiophene rings is 2. The zero-order valence-corrected chi connectivity index (χ0v) is 21.0. The molecule has 2 amide bonds. The van der Waals surface area contributed by atoms with Crippen LogP contribution in [0, 0.1) is 6.92 Å². The van der Waals surface area contributed by atoms with E-state index in [0.29, 0.717) is 23.8 Å². The molecule has 0 fully saturated rings. The number of aryl methyl sites for hydroxylation is 1. The summed E-state index contributed by atoms with van der Waals surface area (Å²) in [6, 6.07) is 17.0. The number of carbonyl (C=O) groups is 2. The van der Waals surface area contributed by atoms with Crippen molar-refractivity contribution in [1.29, 1.82) is 0 Å². The maximum Gasteiger partial charge on any atom is 0.264 e. The highest BCUT2D eigenvalue weighted by Crippen LogP contribution is 2.34. The quantitative estimate of drug-likeness (QED) is 0.314. The first-order chi connectivity index (χ1) is 17.1. The van der Waals surface area contributed by atoms with Crippen LogP contribution in [0.25, 0.3) is 0 Å². The number of amides is 2. The van der Waals surface area contributed by atoms with Gasteiger partial charge in [0.15, 0.2) is 0 Å². The molecule has 0 unspecified atom stereocenters. The highest BCUT2D eigenvalue weighted by molar-refractivity contribution is 7.12. The second-order valence-electron chi connectivity index (χ2n) is 8.49. The normalized spacial score (nSPS) is 15.0. The van der Waals surface area contributed by atoms with E-state index in [1.807, 2.05) is 53.6 Å². The average Bonchev–Trinajstić information content (AvgIpc) is 3.65. The molecule has 5 rings (SSSR count). The molecule has 4 heterocycles. The standard InChI is InChI=1S/C27H26N2O4S2/c1-19-6-8-20(9-7-19)33-18-23-22-11-15-35-24(22)10-12-29(23)26(30)17-28(16-21-4-2-13-32-21)27(31)25-5-3-14-34-25/h2-9,11,13-15,23H,10,12,16-18H2,1H3/t23-/m0/s1. The van der Waals surface area contributed by atoms with E-state index in [1.54, 1.807) is 34.6 Å². The van der Waals surface area contributed by atoms with Gasteiger partial charge in [0.05, 0.1) is 23.7 Å². The topological polar surface area (TPSA) is 63.0 Å². The second kappa shape index (κ2) is 10.5. The molecule has 1 aliphatic rings. The predicted molar refractivity (Wildman–Crippen MR) is 137 cm³/mol. The molecule has 180 valence electrons. The van der Waals surface area contributed by atoms with Gasteiger partial charge < -0.3 is 19.0 Å². The lowest BCUT2D eigenvalue weighted by atomic mass is 10.0. The summed E-state index contributed by atoms with van der Waals surface area (Å²) >= 11 is 3.09. The zero-order valence-electron chi connectivity index (χ0n) is 19.4. The third kappa shape index (κ3) is 5.33. The van der Waals surface area contributed by atoms with Gasteiger partial charge in [0.2, 0.25) is 5.91 Å². The van der Waals surface area contributed by atoms with Gasteiger partial charge >= 0.3 is 0 Å². The van der Waals surface area contributed by atoms with Gasteiger partial charge in [0, 0.05) is 11.4 Å². The molecule has 1 aliphatic heterocycles. The van der Waals surface area contributed by atoms with Crippen LogP contribution in [-0.2, 0) is 17.8 Å². The first-order valence-electron chi connectivity index (χ1n) is 11.5. The van der Waals surface area contributed by atoms with E-state index in [-0.39, 0.29) is 30.9 Å². The Morgan fingerprint density at radius 3 is 2.69 bits per heavy atom. The monoisotopic (exact) mass is 506 g/mol. The summed E-state index contributed by atoms with van der Waals surface area (Å²) in [7, 11) is 0. The SMILES string of the molecule is Cc1ccc(OC[C@H]2c3ccsc3CCN2C(=O)CN(Cc2ccco2)C(=O)c2cccs2)cc1. The van der Waals surface area contributed by atoms with Crippen LogP contribution < -0.4 is 4.74 Å². The Kier molecular flexibility index (Phi) is 7.01. The molecule has 0 spiro atoms. The Bertz CT molecular complexity index is 1260. The summed E-state index contributed by atoms with van der Waals surface area (Å²) in [5.41, 5.74) is 2.29. The maximum atomic E-state index is 13.7. The lowest BCUT2D eigenvalue weighted by Crippen LogP contribution is -2.47. The molecule has 8 heteroatoms. The van der Waals surface area contributed by atoms with Crippen molar-refractivity contribution >= 4 is 34.5 Å². The molecular formula is C27H26N2O4S2. The number of benzene rings is 1. The van der Waals surface area contributed by atoms with Crippen LogP contribution in [0.3, 0.4) is 0 Å². The fourth-order valence-electron chi connectivity index (χ4n) is 4.28. The molecule has 0 saturated heterocycles. The molecule has 3 aromatic heterocycles. The van der Waals surface area contributed by atoms with Crippen molar-refractivity contribution in [3.8, 4) is 5.75 Å². The molecule has 1 aromatic carbocycles. The molecule has 6 nitrogen and oxygen atoms in total. The number of nitrogens with zero attached hydrogens (tertiary/aromatic N) is 2. The summed E-state index contributed by atoms with van der Waals surface area (Å²) in [5, 5.41) is 3.93. The van der Waals surface area contributed by atoms with Gasteiger partial charge in [-0.15, -0.1) is 22.7 Å². The summed E-state index contributed by atoms with van der Waals surface area (Å²) in [6.45, 7) is 3.19. The van der Waals surface area contributed by atoms with Gasteiger partial charge in [0.1, 0.15) is 24.7 Å². The van der Waals surface area contributed by atoms with Crippen LogP contribution in [0.2, 0.25) is 0 Å². The van der Waals surface area contributed by atoms with E-state index in [0.717, 1.165) is 17.7 Å². The number of ether oxygens (including phenoxy) is 1. The molecule has 0 bridgehead atoms. The van der Waals surface area contributed by atoms with Crippen molar-refractivity contribution in [1.82, 2.24) is 9.80 Å². The Labute approximate surface area is 212 Å². The summed E-state index contributed by atoms with van der Waals surface area (Å²) in [5.74, 6) is 1.14. The Morgan fingerprint density at radius 2 is 1.94 bits per heavy atom. The molecule has 0 radical (unpaired) electrons. The Hall–Kier alpha value is -3.36.